The molecule has 0 unspecified atom stereocenters. The molecule has 1 aromatic carbocycles. The Hall–Kier alpha value is -2.98. The first kappa shape index (κ1) is 16.0. The number of aryl methyl sites for hydroxylation is 2. The molecule has 3 aromatic rings. The normalized spacial score (nSPS) is 16.1. The molecule has 7 nitrogen and oxygen atoms in total. The predicted molar refractivity (Wildman–Crippen MR) is 95.9 cm³/mol. The maximum absolute atomic E-state index is 13.4. The molecule has 28 heavy (non-hydrogen) atoms. The summed E-state index contributed by atoms with van der Waals surface area (Å²) >= 11 is 0. The third kappa shape index (κ3) is 3.20. The number of nitrogens with two attached hydrogens (primary N) is 1. The topological polar surface area (TPSA) is 110 Å². The molecule has 0 saturated carbocycles. The van der Waals surface area contributed by atoms with Gasteiger partial charge in [-0.2, -0.15) is 18.3 Å². The van der Waals surface area contributed by atoms with Crippen LogP contribution in [-0.2, 0) is 12.6 Å². The summed E-state index contributed by atoms with van der Waals surface area (Å²) in [7, 11) is 0. The Bertz CT molecular complexity index is 1120. The van der Waals surface area contributed by atoms with Crippen LogP contribution in [0.15, 0.2) is 36.7 Å². The minimum atomic E-state index is -5.13. The van der Waals surface area contributed by atoms with E-state index in [0.717, 1.165) is 16.8 Å². The fourth-order valence-corrected chi connectivity index (χ4v) is 2.70. The van der Waals surface area contributed by atoms with Crippen LogP contribution in [0.1, 0.15) is 15.2 Å². The first-order chi connectivity index (χ1) is 14.3. The highest BCUT2D eigenvalue weighted by Crippen LogP contribution is 2.40. The fourth-order valence-electron chi connectivity index (χ4n) is 2.70. The van der Waals surface area contributed by atoms with Crippen molar-refractivity contribution in [1.82, 2.24) is 19.7 Å². The van der Waals surface area contributed by atoms with E-state index in [9.17, 15) is 23.4 Å². The van der Waals surface area contributed by atoms with Gasteiger partial charge in [-0.25, -0.2) is 9.97 Å². The molecule has 0 spiro atoms. The molecule has 1 atom stereocenters. The second kappa shape index (κ2) is 6.88. The van der Waals surface area contributed by atoms with Crippen molar-refractivity contribution in [3.05, 3.63) is 47.8 Å². The van der Waals surface area contributed by atoms with Crippen LogP contribution in [0.5, 0.6) is 0 Å². The zero-order valence-electron chi connectivity index (χ0n) is 17.6. The summed E-state index contributed by atoms with van der Waals surface area (Å²) in [5.41, 5.74) is 2.60. The molecule has 2 heterocycles. The quantitative estimate of drug-likeness (QED) is 0.624. The molecule has 0 aliphatic carbocycles. The van der Waals surface area contributed by atoms with Gasteiger partial charge in [-0.05, 0) is 30.2 Å². The third-order valence-electron chi connectivity index (χ3n) is 4.38. The van der Waals surface area contributed by atoms with Gasteiger partial charge in [0.25, 0.3) is 0 Å². The first-order valence-electron chi connectivity index (χ1n) is 9.48. The van der Waals surface area contributed by atoms with Gasteiger partial charge in [0, 0.05) is 22.8 Å². The van der Waals surface area contributed by atoms with Gasteiger partial charge in [0.1, 0.15) is 5.69 Å². The van der Waals surface area contributed by atoms with E-state index in [4.69, 9.17) is 9.85 Å². The van der Waals surface area contributed by atoms with E-state index in [1.807, 2.05) is 0 Å². The second-order valence-corrected chi connectivity index (χ2v) is 6.16. The summed E-state index contributed by atoms with van der Waals surface area (Å²) in [6.07, 6.45) is -2.67. The van der Waals surface area contributed by atoms with E-state index in [2.05, 4.69) is 15.1 Å². The molecule has 0 radical (unpaired) electrons. The van der Waals surface area contributed by atoms with Crippen LogP contribution in [-0.4, -0.2) is 42.7 Å². The minimum Gasteiger partial charge on any atom is -0.393 e. The molecule has 148 valence electrons. The Kier molecular flexibility index (Phi) is 3.93. The lowest BCUT2D eigenvalue weighted by Crippen LogP contribution is -2.45. The van der Waals surface area contributed by atoms with Crippen LogP contribution < -0.4 is 5.73 Å². The Morgan fingerprint density at radius 1 is 1.29 bits per heavy atom. The molecular formula is C18H18F3N5O2. The Labute approximate surface area is 162 Å². The highest BCUT2D eigenvalue weighted by molar-refractivity contribution is 5.72. The van der Waals surface area contributed by atoms with Gasteiger partial charge in [-0.15, -0.1) is 0 Å². The van der Waals surface area contributed by atoms with Gasteiger partial charge >= 0.3 is 6.18 Å². The summed E-state index contributed by atoms with van der Waals surface area (Å²) in [6.45, 7) is -2.59. The van der Waals surface area contributed by atoms with Gasteiger partial charge in [-0.1, -0.05) is 12.1 Å². The number of benzene rings is 1. The number of hydrogen-bond acceptors (Lipinski definition) is 6. The Balaban J connectivity index is 2.18. The van der Waals surface area contributed by atoms with Crippen molar-refractivity contribution in [2.24, 2.45) is 6.98 Å². The van der Waals surface area contributed by atoms with Gasteiger partial charge in [0.2, 0.25) is 5.60 Å². The maximum atomic E-state index is 13.4. The monoisotopic (exact) mass is 396 g/mol. The zero-order valence-corrected chi connectivity index (χ0v) is 14.6. The van der Waals surface area contributed by atoms with Crippen molar-refractivity contribution in [2.45, 2.75) is 18.7 Å². The van der Waals surface area contributed by atoms with Crippen LogP contribution >= 0.6 is 0 Å². The van der Waals surface area contributed by atoms with Gasteiger partial charge in [-0.3, -0.25) is 4.68 Å². The summed E-state index contributed by atoms with van der Waals surface area (Å²) in [6, 6.07) is 4.80. The van der Waals surface area contributed by atoms with E-state index in [1.165, 1.54) is 24.5 Å². The van der Waals surface area contributed by atoms with Crippen molar-refractivity contribution >= 4 is 5.82 Å². The number of nitrogen functional groups attached to an aromatic ring is 1. The van der Waals surface area contributed by atoms with E-state index in [-0.39, 0.29) is 28.5 Å². The number of hydrogen-bond donors (Lipinski definition) is 3. The average molecular weight is 396 g/mol. The Morgan fingerprint density at radius 2 is 2.04 bits per heavy atom. The van der Waals surface area contributed by atoms with Crippen LogP contribution in [0.4, 0.5) is 19.0 Å². The molecule has 3 rings (SSSR count). The number of anilines is 1. The third-order valence-corrected chi connectivity index (χ3v) is 4.38. The summed E-state index contributed by atoms with van der Waals surface area (Å²) in [4.78, 5) is 8.30. The zero-order chi connectivity index (χ0) is 23.2. The molecule has 0 aliphatic heterocycles. The lowest BCUT2D eigenvalue weighted by molar-refractivity contribution is -0.277. The van der Waals surface area contributed by atoms with Crippen LogP contribution in [0, 0.1) is 6.92 Å². The van der Waals surface area contributed by atoms with Gasteiger partial charge < -0.3 is 15.9 Å². The maximum Gasteiger partial charge on any atom is 0.423 e. The van der Waals surface area contributed by atoms with Crippen molar-refractivity contribution in [2.75, 3.05) is 12.3 Å². The van der Waals surface area contributed by atoms with Crippen molar-refractivity contribution in [3.63, 3.8) is 0 Å². The minimum absolute atomic E-state index is 0.0239. The number of nitrogens with zero attached hydrogens (tertiary/aromatic N) is 4. The number of aliphatic hydroxyl groups excluding tert-OH is 1. The summed E-state index contributed by atoms with van der Waals surface area (Å²) in [5.74, 6) is -0.106. The number of aliphatic hydroxyl groups is 2. The Morgan fingerprint density at radius 3 is 2.68 bits per heavy atom. The largest absolute Gasteiger partial charge is 0.423 e. The highest BCUT2D eigenvalue weighted by atomic mass is 19.4. The molecule has 0 amide bonds. The van der Waals surface area contributed by atoms with E-state index < -0.39 is 30.9 Å². The first-order valence-corrected chi connectivity index (χ1v) is 7.98. The van der Waals surface area contributed by atoms with Crippen molar-refractivity contribution in [1.29, 1.82) is 0 Å². The fraction of sp³-hybridized carbons (Fsp3) is 0.278. The van der Waals surface area contributed by atoms with Crippen LogP contribution in [0.2, 0.25) is 0 Å². The van der Waals surface area contributed by atoms with Crippen LogP contribution in [0.25, 0.3) is 22.6 Å². The van der Waals surface area contributed by atoms with Crippen molar-refractivity contribution in [3.8, 4) is 22.6 Å². The molecule has 0 aliphatic rings. The molecular weight excluding hydrogens is 375 g/mol. The SMILES string of the molecule is [2H]C([2H])([2H])n1nccc1-c1nc(-c2cc([C@](O)(CO)C(F)(F)F)ccc2C)cnc1N. The molecule has 2 aromatic heterocycles. The van der Waals surface area contributed by atoms with E-state index in [1.54, 1.807) is 6.92 Å². The number of alkyl halides is 3. The predicted octanol–water partition coefficient (Wildman–Crippen LogP) is 2.18. The number of halogens is 3. The summed E-state index contributed by atoms with van der Waals surface area (Å²) < 4.78 is 63.5. The standard InChI is InChI=1S/C18H18F3N5O2/c1-10-3-4-11(17(28,9-27)18(19,20)21)7-12(10)13-8-23-16(22)15(25-13)14-5-6-24-26(14)2/h3-8,27-28H,9H2,1-2H3,(H2,22,23)/t17-/m1/s1/i2D3. The van der Waals surface area contributed by atoms with E-state index in [0.29, 0.717) is 5.56 Å². The van der Waals surface area contributed by atoms with Gasteiger partial charge in [0.05, 0.1) is 24.2 Å². The summed E-state index contributed by atoms with van der Waals surface area (Å²) in [5, 5.41) is 23.1. The molecule has 4 N–H and O–H groups in total. The number of rotatable bonds is 4. The molecule has 10 heteroatoms. The lowest BCUT2D eigenvalue weighted by Gasteiger charge is -2.29. The molecule has 0 fully saturated rings. The average Bonchev–Trinajstić information content (AvgIpc) is 3.17. The molecule has 0 saturated heterocycles. The van der Waals surface area contributed by atoms with Crippen LogP contribution in [0.3, 0.4) is 0 Å². The van der Waals surface area contributed by atoms with E-state index >= 15 is 0 Å². The lowest BCUT2D eigenvalue weighted by atomic mass is 9.90. The second-order valence-electron chi connectivity index (χ2n) is 6.16. The van der Waals surface area contributed by atoms with Gasteiger partial charge in [0.15, 0.2) is 5.82 Å². The smallest absolute Gasteiger partial charge is 0.393 e. The van der Waals surface area contributed by atoms with Crippen molar-refractivity contribution < 1.29 is 27.5 Å². The highest BCUT2D eigenvalue weighted by Gasteiger charge is 2.54. The molecule has 0 bridgehead atoms. The number of aromatic nitrogens is 4.